The molecular weight excluding hydrogens is 261 g/mol. The minimum absolute atomic E-state index is 0.0700. The number of aromatic amines is 1. The molecule has 0 aliphatic carbocycles. The largest absolute Gasteiger partial charge is 0.359 e. The molecule has 0 bridgehead atoms. The van der Waals surface area contributed by atoms with Crippen molar-refractivity contribution in [3.63, 3.8) is 0 Å². The molecule has 1 N–H and O–H groups in total. The van der Waals surface area contributed by atoms with Gasteiger partial charge in [0, 0.05) is 10.7 Å². The Kier molecular flexibility index (Phi) is 2.68. The third kappa shape index (κ3) is 1.99. The van der Waals surface area contributed by atoms with Gasteiger partial charge < -0.3 is 4.98 Å². The van der Waals surface area contributed by atoms with Gasteiger partial charge in [-0.25, -0.2) is 4.39 Å². The lowest BCUT2D eigenvalue weighted by Crippen LogP contribution is -2.04. The normalized spacial score (nSPS) is 10.3. The molecule has 4 heteroatoms. The SMILES string of the molecule is O=C(c1ccc[nH]1)c1ccc(Br)cc1F. The summed E-state index contributed by atoms with van der Waals surface area (Å²) in [7, 11) is 0. The first kappa shape index (κ1) is 10.1. The summed E-state index contributed by atoms with van der Waals surface area (Å²) in [6.45, 7) is 0. The molecular formula is C11H7BrFNO. The van der Waals surface area contributed by atoms with Crippen molar-refractivity contribution in [3.8, 4) is 0 Å². The number of aromatic nitrogens is 1. The van der Waals surface area contributed by atoms with Crippen molar-refractivity contribution in [1.82, 2.24) is 4.98 Å². The van der Waals surface area contributed by atoms with Crippen molar-refractivity contribution in [2.24, 2.45) is 0 Å². The molecule has 0 amide bonds. The lowest BCUT2D eigenvalue weighted by atomic mass is 10.1. The molecule has 0 unspecified atom stereocenters. The standard InChI is InChI=1S/C11H7BrFNO/c12-7-3-4-8(9(13)6-7)11(15)10-2-1-5-14-10/h1-6,14H. The van der Waals surface area contributed by atoms with Crippen molar-refractivity contribution in [2.45, 2.75) is 0 Å². The van der Waals surface area contributed by atoms with Crippen molar-refractivity contribution in [3.05, 3.63) is 58.1 Å². The molecule has 2 nitrogen and oxygen atoms in total. The van der Waals surface area contributed by atoms with Crippen LogP contribution in [0.25, 0.3) is 0 Å². The van der Waals surface area contributed by atoms with E-state index in [-0.39, 0.29) is 11.3 Å². The minimum atomic E-state index is -0.524. The molecule has 0 saturated carbocycles. The van der Waals surface area contributed by atoms with Crippen LogP contribution in [-0.2, 0) is 0 Å². The molecule has 15 heavy (non-hydrogen) atoms. The van der Waals surface area contributed by atoms with Crippen molar-refractivity contribution in [2.75, 3.05) is 0 Å². The molecule has 0 fully saturated rings. The average Bonchev–Trinajstić information content (AvgIpc) is 2.69. The Morgan fingerprint density at radius 2 is 2.13 bits per heavy atom. The number of benzene rings is 1. The summed E-state index contributed by atoms with van der Waals surface area (Å²) in [5.41, 5.74) is 0.455. The number of ketones is 1. The monoisotopic (exact) mass is 267 g/mol. The van der Waals surface area contributed by atoms with Gasteiger partial charge in [0.05, 0.1) is 11.3 Å². The summed E-state index contributed by atoms with van der Waals surface area (Å²) in [5, 5.41) is 0. The summed E-state index contributed by atoms with van der Waals surface area (Å²) in [6, 6.07) is 7.69. The Hall–Kier alpha value is -1.42. The summed E-state index contributed by atoms with van der Waals surface area (Å²) >= 11 is 3.14. The third-order valence-electron chi connectivity index (χ3n) is 2.02. The number of carbonyl (C=O) groups excluding carboxylic acids is 1. The van der Waals surface area contributed by atoms with E-state index in [1.54, 1.807) is 24.4 Å². The average molecular weight is 268 g/mol. The van der Waals surface area contributed by atoms with Crippen LogP contribution in [0.5, 0.6) is 0 Å². The molecule has 0 saturated heterocycles. The Bertz CT molecular complexity index is 493. The van der Waals surface area contributed by atoms with Crippen LogP contribution < -0.4 is 0 Å². The molecule has 76 valence electrons. The van der Waals surface area contributed by atoms with E-state index in [4.69, 9.17) is 0 Å². The van der Waals surface area contributed by atoms with Crippen molar-refractivity contribution >= 4 is 21.7 Å². The van der Waals surface area contributed by atoms with Crippen LogP contribution >= 0.6 is 15.9 Å². The number of halogens is 2. The van der Waals surface area contributed by atoms with E-state index in [1.807, 2.05) is 0 Å². The number of nitrogens with one attached hydrogen (secondary N) is 1. The molecule has 1 heterocycles. The van der Waals surface area contributed by atoms with E-state index >= 15 is 0 Å². The maximum atomic E-state index is 13.4. The molecule has 1 aromatic carbocycles. The Morgan fingerprint density at radius 1 is 1.33 bits per heavy atom. The highest BCUT2D eigenvalue weighted by Crippen LogP contribution is 2.17. The van der Waals surface area contributed by atoms with Crippen LogP contribution in [0.2, 0.25) is 0 Å². The molecule has 1 aromatic heterocycles. The Morgan fingerprint density at radius 3 is 2.73 bits per heavy atom. The number of hydrogen-bond acceptors (Lipinski definition) is 1. The predicted octanol–water partition coefficient (Wildman–Crippen LogP) is 3.15. The van der Waals surface area contributed by atoms with Gasteiger partial charge in [0.15, 0.2) is 0 Å². The van der Waals surface area contributed by atoms with Gasteiger partial charge in [0.2, 0.25) is 5.78 Å². The van der Waals surface area contributed by atoms with Crippen LogP contribution in [0.15, 0.2) is 41.0 Å². The van der Waals surface area contributed by atoms with Gasteiger partial charge in [-0.15, -0.1) is 0 Å². The van der Waals surface area contributed by atoms with E-state index in [0.29, 0.717) is 10.2 Å². The van der Waals surface area contributed by atoms with E-state index in [2.05, 4.69) is 20.9 Å². The fourth-order valence-electron chi connectivity index (χ4n) is 1.29. The first-order chi connectivity index (χ1) is 7.18. The molecule has 2 rings (SSSR count). The van der Waals surface area contributed by atoms with Crippen LogP contribution in [0, 0.1) is 5.82 Å². The molecule has 0 aliphatic heterocycles. The van der Waals surface area contributed by atoms with E-state index in [1.165, 1.54) is 12.1 Å². The van der Waals surface area contributed by atoms with Crippen molar-refractivity contribution < 1.29 is 9.18 Å². The summed E-state index contributed by atoms with van der Waals surface area (Å²) < 4.78 is 14.0. The zero-order valence-corrected chi connectivity index (χ0v) is 9.21. The van der Waals surface area contributed by atoms with Gasteiger partial charge in [-0.3, -0.25) is 4.79 Å². The summed E-state index contributed by atoms with van der Waals surface area (Å²) in [5.74, 6) is -0.867. The van der Waals surface area contributed by atoms with E-state index in [9.17, 15) is 9.18 Å². The summed E-state index contributed by atoms with van der Waals surface area (Å²) in [6.07, 6.45) is 1.63. The molecule has 2 aromatic rings. The quantitative estimate of drug-likeness (QED) is 0.834. The zero-order valence-electron chi connectivity index (χ0n) is 7.63. The van der Waals surface area contributed by atoms with Crippen LogP contribution in [-0.4, -0.2) is 10.8 Å². The first-order valence-corrected chi connectivity index (χ1v) is 5.11. The first-order valence-electron chi connectivity index (χ1n) is 4.31. The number of rotatable bonds is 2. The fraction of sp³-hybridized carbons (Fsp3) is 0. The topological polar surface area (TPSA) is 32.9 Å². The Labute approximate surface area is 94.3 Å². The fourth-order valence-corrected chi connectivity index (χ4v) is 1.62. The minimum Gasteiger partial charge on any atom is -0.359 e. The summed E-state index contributed by atoms with van der Waals surface area (Å²) in [4.78, 5) is 14.5. The van der Waals surface area contributed by atoms with Crippen LogP contribution in [0.3, 0.4) is 0 Å². The highest BCUT2D eigenvalue weighted by Gasteiger charge is 2.14. The van der Waals surface area contributed by atoms with Gasteiger partial charge in [0.1, 0.15) is 5.82 Å². The predicted molar refractivity (Wildman–Crippen MR) is 58.3 cm³/mol. The van der Waals surface area contributed by atoms with E-state index < -0.39 is 5.82 Å². The van der Waals surface area contributed by atoms with E-state index in [0.717, 1.165) is 0 Å². The highest BCUT2D eigenvalue weighted by atomic mass is 79.9. The highest BCUT2D eigenvalue weighted by molar-refractivity contribution is 9.10. The molecule has 0 aliphatic rings. The van der Waals surface area contributed by atoms with Gasteiger partial charge in [-0.2, -0.15) is 0 Å². The second-order valence-electron chi connectivity index (χ2n) is 3.04. The number of H-pyrrole nitrogens is 1. The number of hydrogen-bond donors (Lipinski definition) is 1. The smallest absolute Gasteiger partial charge is 0.212 e. The van der Waals surface area contributed by atoms with Gasteiger partial charge in [-0.05, 0) is 30.3 Å². The lowest BCUT2D eigenvalue weighted by Gasteiger charge is -2.00. The van der Waals surface area contributed by atoms with Crippen LogP contribution in [0.4, 0.5) is 4.39 Å². The number of carbonyl (C=O) groups is 1. The zero-order chi connectivity index (χ0) is 10.8. The van der Waals surface area contributed by atoms with Crippen LogP contribution in [0.1, 0.15) is 16.1 Å². The molecule has 0 spiro atoms. The molecule has 0 atom stereocenters. The van der Waals surface area contributed by atoms with Crippen molar-refractivity contribution in [1.29, 1.82) is 0 Å². The third-order valence-corrected chi connectivity index (χ3v) is 2.51. The lowest BCUT2D eigenvalue weighted by molar-refractivity contribution is 0.103. The second kappa shape index (κ2) is 3.98. The Balaban J connectivity index is 2.42. The maximum Gasteiger partial charge on any atom is 0.212 e. The van der Waals surface area contributed by atoms with Gasteiger partial charge in [-0.1, -0.05) is 15.9 Å². The van der Waals surface area contributed by atoms with Gasteiger partial charge >= 0.3 is 0 Å². The molecule has 0 radical (unpaired) electrons. The van der Waals surface area contributed by atoms with Gasteiger partial charge in [0.25, 0.3) is 0 Å². The maximum absolute atomic E-state index is 13.4. The second-order valence-corrected chi connectivity index (χ2v) is 3.95.